The number of aliphatic carboxylic acids is 2. The molecule has 0 aliphatic carbocycles. The third kappa shape index (κ3) is 5.05. The van der Waals surface area contributed by atoms with E-state index in [2.05, 4.69) is 5.32 Å². The highest BCUT2D eigenvalue weighted by Gasteiger charge is 2.34. The van der Waals surface area contributed by atoms with Crippen molar-refractivity contribution >= 4 is 23.8 Å². The summed E-state index contributed by atoms with van der Waals surface area (Å²) in [7, 11) is 0. The van der Waals surface area contributed by atoms with E-state index in [9.17, 15) is 19.2 Å². The zero-order chi connectivity index (χ0) is 16.0. The van der Waals surface area contributed by atoms with Crippen LogP contribution in [0.5, 0.6) is 0 Å². The van der Waals surface area contributed by atoms with E-state index in [1.165, 1.54) is 0 Å². The fourth-order valence-electron chi connectivity index (χ4n) is 2.27. The van der Waals surface area contributed by atoms with Gasteiger partial charge in [-0.1, -0.05) is 6.92 Å². The molecule has 3 N–H and O–H groups in total. The highest BCUT2D eigenvalue weighted by atomic mass is 16.4. The minimum absolute atomic E-state index is 0.0580. The Morgan fingerprint density at radius 1 is 1.24 bits per heavy atom. The predicted octanol–water partition coefficient (Wildman–Crippen LogP) is -0.321. The Balaban J connectivity index is 2.54. The van der Waals surface area contributed by atoms with E-state index in [1.54, 1.807) is 6.92 Å². The summed E-state index contributed by atoms with van der Waals surface area (Å²) in [4.78, 5) is 46.4. The summed E-state index contributed by atoms with van der Waals surface area (Å²) in [5.74, 6) is -4.17. The van der Waals surface area contributed by atoms with Gasteiger partial charge in [0.1, 0.15) is 6.04 Å². The van der Waals surface area contributed by atoms with Gasteiger partial charge in [0, 0.05) is 19.5 Å². The van der Waals surface area contributed by atoms with E-state index in [0.717, 1.165) is 4.90 Å². The van der Waals surface area contributed by atoms with Gasteiger partial charge in [0.05, 0.1) is 0 Å². The predicted molar refractivity (Wildman–Crippen MR) is 71.4 cm³/mol. The first-order valence-electron chi connectivity index (χ1n) is 6.86. The molecular formula is C13H20N2O6. The van der Waals surface area contributed by atoms with Gasteiger partial charge >= 0.3 is 23.8 Å². The second-order valence-electron chi connectivity index (χ2n) is 5.26. The molecule has 0 radical (unpaired) electrons. The summed E-state index contributed by atoms with van der Waals surface area (Å²) in [6.07, 6.45) is 1.59. The number of carboxylic acid groups (broad SMARTS) is 2. The largest absolute Gasteiger partial charge is 0.481 e. The lowest BCUT2D eigenvalue weighted by Gasteiger charge is -2.32. The topological polar surface area (TPSA) is 124 Å². The van der Waals surface area contributed by atoms with Crippen LogP contribution in [0.2, 0.25) is 0 Å². The van der Waals surface area contributed by atoms with E-state index in [-0.39, 0.29) is 25.4 Å². The first-order valence-corrected chi connectivity index (χ1v) is 6.86. The SMILES string of the molecule is CC(CNC(=O)C(=O)N1CCCC[C@H]1C(=O)O)CC(=O)O. The first-order chi connectivity index (χ1) is 9.82. The number of hydrogen-bond donors (Lipinski definition) is 3. The van der Waals surface area contributed by atoms with E-state index >= 15 is 0 Å². The molecule has 1 aliphatic rings. The van der Waals surface area contributed by atoms with Crippen LogP contribution in [0.3, 0.4) is 0 Å². The minimum Gasteiger partial charge on any atom is -0.481 e. The number of nitrogens with one attached hydrogen (secondary N) is 1. The number of hydrogen-bond acceptors (Lipinski definition) is 4. The van der Waals surface area contributed by atoms with Gasteiger partial charge in [-0.05, 0) is 25.2 Å². The van der Waals surface area contributed by atoms with E-state index in [4.69, 9.17) is 10.2 Å². The van der Waals surface area contributed by atoms with Gasteiger partial charge in [-0.3, -0.25) is 14.4 Å². The summed E-state index contributed by atoms with van der Waals surface area (Å²) >= 11 is 0. The molecule has 2 amide bonds. The van der Waals surface area contributed by atoms with Crippen LogP contribution in [0.15, 0.2) is 0 Å². The van der Waals surface area contributed by atoms with Crippen LogP contribution in [0.1, 0.15) is 32.6 Å². The van der Waals surface area contributed by atoms with Crippen molar-refractivity contribution in [3.63, 3.8) is 0 Å². The fourth-order valence-corrected chi connectivity index (χ4v) is 2.27. The smallest absolute Gasteiger partial charge is 0.326 e. The Hall–Kier alpha value is -2.12. The highest BCUT2D eigenvalue weighted by molar-refractivity contribution is 6.35. The van der Waals surface area contributed by atoms with Crippen molar-refractivity contribution in [2.75, 3.05) is 13.1 Å². The fraction of sp³-hybridized carbons (Fsp3) is 0.692. The molecule has 0 aromatic carbocycles. The summed E-state index contributed by atoms with van der Waals surface area (Å²) in [6.45, 7) is 1.94. The molecule has 1 fully saturated rings. The minimum atomic E-state index is -1.12. The van der Waals surface area contributed by atoms with Gasteiger partial charge < -0.3 is 20.4 Å². The molecule has 1 rings (SSSR count). The molecule has 0 spiro atoms. The van der Waals surface area contributed by atoms with Crippen LogP contribution in [0.4, 0.5) is 0 Å². The van der Waals surface area contributed by atoms with Crippen LogP contribution in [0, 0.1) is 5.92 Å². The number of carbonyl (C=O) groups is 4. The van der Waals surface area contributed by atoms with Gasteiger partial charge in [0.15, 0.2) is 0 Å². The first kappa shape index (κ1) is 16.9. The molecule has 2 atom stereocenters. The lowest BCUT2D eigenvalue weighted by molar-refractivity contribution is -0.156. The lowest BCUT2D eigenvalue weighted by Crippen LogP contribution is -2.53. The third-order valence-corrected chi connectivity index (χ3v) is 3.38. The Morgan fingerprint density at radius 2 is 1.90 bits per heavy atom. The Morgan fingerprint density at radius 3 is 2.48 bits per heavy atom. The summed E-state index contributed by atoms with van der Waals surface area (Å²) < 4.78 is 0. The number of carbonyl (C=O) groups excluding carboxylic acids is 2. The molecule has 1 aliphatic heterocycles. The molecule has 8 nitrogen and oxygen atoms in total. The standard InChI is InChI=1S/C13H20N2O6/c1-8(6-10(16)17)7-14-11(18)12(19)15-5-3-2-4-9(15)13(20)21/h8-9H,2-7H2,1H3,(H,14,18)(H,16,17)(H,20,21)/t8?,9-/m0/s1. The van der Waals surface area contributed by atoms with Crippen molar-refractivity contribution in [2.24, 2.45) is 5.92 Å². The zero-order valence-corrected chi connectivity index (χ0v) is 11.9. The highest BCUT2D eigenvalue weighted by Crippen LogP contribution is 2.17. The molecule has 21 heavy (non-hydrogen) atoms. The number of carboxylic acids is 2. The maximum Gasteiger partial charge on any atom is 0.326 e. The number of likely N-dealkylation sites (tertiary alicyclic amines) is 1. The van der Waals surface area contributed by atoms with Crippen molar-refractivity contribution in [1.82, 2.24) is 10.2 Å². The number of nitrogens with zero attached hydrogens (tertiary/aromatic N) is 1. The zero-order valence-electron chi connectivity index (χ0n) is 11.9. The quantitative estimate of drug-likeness (QED) is 0.598. The number of amides is 2. The van der Waals surface area contributed by atoms with E-state index in [0.29, 0.717) is 19.3 Å². The monoisotopic (exact) mass is 300 g/mol. The molecule has 0 aromatic heterocycles. The molecule has 0 bridgehead atoms. The van der Waals surface area contributed by atoms with Crippen LogP contribution >= 0.6 is 0 Å². The maximum atomic E-state index is 12.0. The summed E-state index contributed by atoms with van der Waals surface area (Å²) in [6, 6.07) is -0.964. The van der Waals surface area contributed by atoms with Crippen LogP contribution in [0.25, 0.3) is 0 Å². The third-order valence-electron chi connectivity index (χ3n) is 3.38. The molecule has 0 aromatic rings. The Kier molecular flexibility index (Phi) is 6.13. The molecule has 118 valence electrons. The van der Waals surface area contributed by atoms with Crippen LogP contribution in [-0.4, -0.2) is 58.0 Å². The van der Waals surface area contributed by atoms with Gasteiger partial charge in [-0.2, -0.15) is 0 Å². The van der Waals surface area contributed by atoms with Crippen LogP contribution < -0.4 is 5.32 Å². The Bertz CT molecular complexity index is 436. The normalized spacial score (nSPS) is 19.7. The maximum absolute atomic E-state index is 12.0. The number of piperidine rings is 1. The van der Waals surface area contributed by atoms with Gasteiger partial charge in [-0.25, -0.2) is 4.79 Å². The average Bonchev–Trinajstić information content (AvgIpc) is 2.43. The molecular weight excluding hydrogens is 280 g/mol. The van der Waals surface area contributed by atoms with E-state index < -0.39 is 29.8 Å². The second-order valence-corrected chi connectivity index (χ2v) is 5.26. The summed E-state index contributed by atoms with van der Waals surface area (Å²) in [5, 5.41) is 20.0. The van der Waals surface area contributed by atoms with Crippen molar-refractivity contribution in [3.05, 3.63) is 0 Å². The van der Waals surface area contributed by atoms with Crippen molar-refractivity contribution in [3.8, 4) is 0 Å². The van der Waals surface area contributed by atoms with Gasteiger partial charge in [0.25, 0.3) is 0 Å². The molecule has 1 unspecified atom stereocenters. The van der Waals surface area contributed by atoms with Gasteiger partial charge in [0.2, 0.25) is 0 Å². The average molecular weight is 300 g/mol. The molecule has 8 heteroatoms. The molecule has 1 saturated heterocycles. The van der Waals surface area contributed by atoms with E-state index in [1.807, 2.05) is 0 Å². The number of rotatable bonds is 5. The van der Waals surface area contributed by atoms with Crippen molar-refractivity contribution in [1.29, 1.82) is 0 Å². The molecule has 0 saturated carbocycles. The molecule has 1 heterocycles. The summed E-state index contributed by atoms with van der Waals surface area (Å²) in [5.41, 5.74) is 0. The van der Waals surface area contributed by atoms with Gasteiger partial charge in [-0.15, -0.1) is 0 Å². The lowest BCUT2D eigenvalue weighted by atomic mass is 10.0. The Labute approximate surface area is 122 Å². The second kappa shape index (κ2) is 7.61. The van der Waals surface area contributed by atoms with Crippen LogP contribution in [-0.2, 0) is 19.2 Å². The van der Waals surface area contributed by atoms with Crippen molar-refractivity contribution < 1.29 is 29.4 Å². The van der Waals surface area contributed by atoms with Crippen molar-refractivity contribution in [2.45, 2.75) is 38.6 Å².